The molecule has 6 nitrogen and oxygen atoms in total. The fourth-order valence-corrected chi connectivity index (χ4v) is 1.88. The Balaban J connectivity index is 2.48. The van der Waals surface area contributed by atoms with Crippen LogP contribution in [0.3, 0.4) is 0 Å². The van der Waals surface area contributed by atoms with Crippen LogP contribution in [0.25, 0.3) is 5.65 Å². The number of carbonyl (C=O) groups excluding carboxylic acids is 1. The molecule has 106 valence electrons. The van der Waals surface area contributed by atoms with E-state index in [1.807, 2.05) is 6.92 Å². The van der Waals surface area contributed by atoms with Gasteiger partial charge < -0.3 is 10.4 Å². The average molecular weight is 279 g/mol. The molecule has 2 N–H and O–H groups in total. The van der Waals surface area contributed by atoms with E-state index in [2.05, 4.69) is 10.3 Å². The zero-order chi connectivity index (χ0) is 14.9. The highest BCUT2D eigenvalue weighted by molar-refractivity contribution is 5.96. The molecule has 20 heavy (non-hydrogen) atoms. The van der Waals surface area contributed by atoms with Crippen molar-refractivity contribution in [3.8, 4) is 0 Å². The van der Waals surface area contributed by atoms with Crippen molar-refractivity contribution in [2.45, 2.75) is 26.3 Å². The molecule has 0 saturated carbocycles. The van der Waals surface area contributed by atoms with Gasteiger partial charge in [-0.1, -0.05) is 6.92 Å². The van der Waals surface area contributed by atoms with E-state index in [9.17, 15) is 14.0 Å². The van der Waals surface area contributed by atoms with Crippen molar-refractivity contribution in [3.05, 3.63) is 35.5 Å². The van der Waals surface area contributed by atoms with Crippen LogP contribution in [0, 0.1) is 5.82 Å². The summed E-state index contributed by atoms with van der Waals surface area (Å²) in [7, 11) is 0. The van der Waals surface area contributed by atoms with Crippen molar-refractivity contribution >= 4 is 17.5 Å². The van der Waals surface area contributed by atoms with Crippen molar-refractivity contribution in [2.75, 3.05) is 0 Å². The van der Waals surface area contributed by atoms with Crippen molar-refractivity contribution < 1.29 is 19.1 Å². The van der Waals surface area contributed by atoms with Crippen LogP contribution in [-0.4, -0.2) is 32.4 Å². The summed E-state index contributed by atoms with van der Waals surface area (Å²) < 4.78 is 14.6. The summed E-state index contributed by atoms with van der Waals surface area (Å²) in [4.78, 5) is 27.2. The molecule has 1 atom stereocenters. The molecule has 0 aliphatic carbocycles. The number of aryl methyl sites for hydroxylation is 1. The van der Waals surface area contributed by atoms with Crippen molar-refractivity contribution in [3.63, 3.8) is 0 Å². The monoisotopic (exact) mass is 279 g/mol. The van der Waals surface area contributed by atoms with Gasteiger partial charge in [0.1, 0.15) is 23.2 Å². The lowest BCUT2D eigenvalue weighted by Crippen LogP contribution is -2.39. The van der Waals surface area contributed by atoms with Crippen molar-refractivity contribution in [1.82, 2.24) is 14.7 Å². The highest BCUT2D eigenvalue weighted by Gasteiger charge is 2.22. The number of aromatic nitrogens is 2. The molecule has 2 rings (SSSR count). The van der Waals surface area contributed by atoms with Gasteiger partial charge in [-0.05, 0) is 25.5 Å². The third kappa shape index (κ3) is 2.47. The van der Waals surface area contributed by atoms with Crippen LogP contribution in [0.4, 0.5) is 4.39 Å². The SMILES string of the molecule is CCc1nc2ccc(F)cn2c1C(=O)NC(C)C(=O)O. The van der Waals surface area contributed by atoms with Crippen LogP contribution < -0.4 is 5.32 Å². The van der Waals surface area contributed by atoms with Crippen molar-refractivity contribution in [1.29, 1.82) is 0 Å². The first-order chi connectivity index (χ1) is 9.43. The molecule has 0 radical (unpaired) electrons. The summed E-state index contributed by atoms with van der Waals surface area (Å²) >= 11 is 0. The Morgan fingerprint density at radius 1 is 1.50 bits per heavy atom. The van der Waals surface area contributed by atoms with E-state index in [1.165, 1.54) is 23.5 Å². The number of nitrogens with zero attached hydrogens (tertiary/aromatic N) is 2. The number of pyridine rings is 1. The molecule has 0 aliphatic rings. The molecule has 0 aromatic carbocycles. The molecule has 0 fully saturated rings. The highest BCUT2D eigenvalue weighted by Crippen LogP contribution is 2.14. The van der Waals surface area contributed by atoms with Gasteiger partial charge >= 0.3 is 5.97 Å². The molecule has 2 heterocycles. The zero-order valence-electron chi connectivity index (χ0n) is 11.1. The first kappa shape index (κ1) is 14.0. The minimum atomic E-state index is -1.14. The maximum Gasteiger partial charge on any atom is 0.325 e. The summed E-state index contributed by atoms with van der Waals surface area (Å²) in [6, 6.07) is 1.68. The summed E-state index contributed by atoms with van der Waals surface area (Å²) in [5.74, 6) is -2.23. The maximum atomic E-state index is 13.3. The number of hydrogen-bond acceptors (Lipinski definition) is 3. The topological polar surface area (TPSA) is 83.7 Å². The van der Waals surface area contributed by atoms with Gasteiger partial charge in [0, 0.05) is 6.20 Å². The van der Waals surface area contributed by atoms with E-state index in [0.717, 1.165) is 6.20 Å². The van der Waals surface area contributed by atoms with Crippen LogP contribution in [0.1, 0.15) is 30.0 Å². The first-order valence-electron chi connectivity index (χ1n) is 6.14. The number of nitrogens with one attached hydrogen (secondary N) is 1. The van der Waals surface area contributed by atoms with E-state index < -0.39 is 23.7 Å². The average Bonchev–Trinajstić information content (AvgIpc) is 2.75. The smallest absolute Gasteiger partial charge is 0.325 e. The minimum Gasteiger partial charge on any atom is -0.480 e. The molecule has 1 amide bonds. The standard InChI is InChI=1S/C13H14FN3O3/c1-3-9-11(12(18)15-7(2)13(19)20)17-6-8(14)4-5-10(17)16-9/h4-7H,3H2,1-2H3,(H,15,18)(H,19,20). The van der Waals surface area contributed by atoms with Gasteiger partial charge in [0.05, 0.1) is 5.69 Å². The van der Waals surface area contributed by atoms with E-state index in [0.29, 0.717) is 17.8 Å². The normalized spacial score (nSPS) is 12.3. The van der Waals surface area contributed by atoms with Crippen LogP contribution in [0.5, 0.6) is 0 Å². The predicted octanol–water partition coefficient (Wildman–Crippen LogP) is 1.24. The largest absolute Gasteiger partial charge is 0.480 e. The highest BCUT2D eigenvalue weighted by atomic mass is 19.1. The zero-order valence-corrected chi connectivity index (χ0v) is 11.1. The third-order valence-corrected chi connectivity index (χ3v) is 2.92. The number of hydrogen-bond donors (Lipinski definition) is 2. The molecule has 0 aliphatic heterocycles. The lowest BCUT2D eigenvalue weighted by molar-refractivity contribution is -0.138. The molecule has 0 spiro atoms. The van der Waals surface area contributed by atoms with Crippen LogP contribution >= 0.6 is 0 Å². The van der Waals surface area contributed by atoms with Crippen LogP contribution in [0.15, 0.2) is 18.3 Å². The summed E-state index contributed by atoms with van der Waals surface area (Å²) in [5.41, 5.74) is 1.09. The van der Waals surface area contributed by atoms with Crippen molar-refractivity contribution in [2.24, 2.45) is 0 Å². The maximum absolute atomic E-state index is 13.3. The first-order valence-corrected chi connectivity index (χ1v) is 6.14. The van der Waals surface area contributed by atoms with Gasteiger partial charge in [-0.15, -0.1) is 0 Å². The Morgan fingerprint density at radius 3 is 2.80 bits per heavy atom. The lowest BCUT2D eigenvalue weighted by Gasteiger charge is -2.10. The van der Waals surface area contributed by atoms with Gasteiger partial charge in [0.15, 0.2) is 0 Å². The van der Waals surface area contributed by atoms with Gasteiger partial charge in [-0.25, -0.2) is 9.37 Å². The van der Waals surface area contributed by atoms with E-state index >= 15 is 0 Å². The number of carbonyl (C=O) groups is 2. The molecule has 7 heteroatoms. The number of carboxylic acids is 1. The second-order valence-electron chi connectivity index (χ2n) is 4.37. The molecule has 1 unspecified atom stereocenters. The Morgan fingerprint density at radius 2 is 2.20 bits per heavy atom. The van der Waals surface area contributed by atoms with Gasteiger partial charge in [0.2, 0.25) is 0 Å². The number of aliphatic carboxylic acids is 1. The van der Waals surface area contributed by atoms with Crippen LogP contribution in [-0.2, 0) is 11.2 Å². The van der Waals surface area contributed by atoms with Gasteiger partial charge in [0.25, 0.3) is 5.91 Å². The summed E-state index contributed by atoms with van der Waals surface area (Å²) in [6.45, 7) is 3.17. The number of fused-ring (bicyclic) bond motifs is 1. The number of halogens is 1. The summed E-state index contributed by atoms with van der Waals surface area (Å²) in [5, 5.41) is 11.2. The molecule has 0 bridgehead atoms. The fraction of sp³-hybridized carbons (Fsp3) is 0.308. The molecule has 2 aromatic rings. The number of imidazole rings is 1. The van der Waals surface area contributed by atoms with E-state index in [4.69, 9.17) is 5.11 Å². The Labute approximate surface area is 114 Å². The Hall–Kier alpha value is -2.44. The lowest BCUT2D eigenvalue weighted by atomic mass is 10.2. The Kier molecular flexibility index (Phi) is 3.69. The van der Waals surface area contributed by atoms with Gasteiger partial charge in [-0.3, -0.25) is 14.0 Å². The van der Waals surface area contributed by atoms with Crippen LogP contribution in [0.2, 0.25) is 0 Å². The Bertz CT molecular complexity index is 681. The number of carboxylic acid groups (broad SMARTS) is 1. The van der Waals surface area contributed by atoms with E-state index in [-0.39, 0.29) is 5.69 Å². The quantitative estimate of drug-likeness (QED) is 0.882. The molecular formula is C13H14FN3O3. The molecule has 0 saturated heterocycles. The predicted molar refractivity (Wildman–Crippen MR) is 69.1 cm³/mol. The fourth-order valence-electron chi connectivity index (χ4n) is 1.88. The second kappa shape index (κ2) is 5.28. The molecule has 2 aromatic heterocycles. The summed E-state index contributed by atoms with van der Waals surface area (Å²) in [6.07, 6.45) is 1.63. The van der Waals surface area contributed by atoms with Gasteiger partial charge in [-0.2, -0.15) is 0 Å². The van der Waals surface area contributed by atoms with E-state index in [1.54, 1.807) is 0 Å². The third-order valence-electron chi connectivity index (χ3n) is 2.92. The number of rotatable bonds is 4. The minimum absolute atomic E-state index is 0.162. The number of amides is 1. The molecular weight excluding hydrogens is 265 g/mol. The second-order valence-corrected chi connectivity index (χ2v) is 4.37.